The zero-order valence-electron chi connectivity index (χ0n) is 15.7. The molecule has 3 aromatic rings. The lowest BCUT2D eigenvalue weighted by Gasteiger charge is -2.19. The van der Waals surface area contributed by atoms with Gasteiger partial charge in [0.1, 0.15) is 5.52 Å². The van der Waals surface area contributed by atoms with E-state index in [9.17, 15) is 4.79 Å². The van der Waals surface area contributed by atoms with Gasteiger partial charge in [-0.1, -0.05) is 19.9 Å². The van der Waals surface area contributed by atoms with Crippen LogP contribution in [0.3, 0.4) is 0 Å². The second kappa shape index (κ2) is 8.15. The van der Waals surface area contributed by atoms with Crippen LogP contribution < -0.4 is 10.8 Å². The first-order chi connectivity index (χ1) is 13.0. The van der Waals surface area contributed by atoms with Gasteiger partial charge >= 0.3 is 0 Å². The Labute approximate surface area is 157 Å². The molecule has 0 saturated carbocycles. The van der Waals surface area contributed by atoms with Crippen LogP contribution in [0.4, 0.5) is 5.82 Å². The van der Waals surface area contributed by atoms with Crippen molar-refractivity contribution < 1.29 is 10.0 Å². The maximum Gasteiger partial charge on any atom is 0.267 e. The summed E-state index contributed by atoms with van der Waals surface area (Å²) in [5.41, 5.74) is 4.08. The first-order valence-electron chi connectivity index (χ1n) is 8.91. The lowest BCUT2D eigenvalue weighted by molar-refractivity contribution is -0.124. The van der Waals surface area contributed by atoms with Crippen LogP contribution in [0.25, 0.3) is 27.9 Å². The zero-order valence-corrected chi connectivity index (χ0v) is 15.7. The maximum atomic E-state index is 11.2. The number of pyridine rings is 1. The van der Waals surface area contributed by atoms with Gasteiger partial charge in [0.05, 0.1) is 12.2 Å². The summed E-state index contributed by atoms with van der Waals surface area (Å²) in [6, 6.07) is 5.76. The molecule has 0 bridgehead atoms. The van der Waals surface area contributed by atoms with Gasteiger partial charge in [0.15, 0.2) is 5.82 Å². The number of aromatic nitrogens is 3. The van der Waals surface area contributed by atoms with Gasteiger partial charge in [0.2, 0.25) is 0 Å². The molecule has 3 N–H and O–H groups in total. The minimum Gasteiger partial charge on any atom is -0.355 e. The van der Waals surface area contributed by atoms with E-state index in [2.05, 4.69) is 29.2 Å². The molecule has 1 amide bonds. The fourth-order valence-corrected chi connectivity index (χ4v) is 2.97. The molecule has 0 atom stereocenters. The predicted octanol–water partition coefficient (Wildman–Crippen LogP) is 2.35. The quantitative estimate of drug-likeness (QED) is 0.256. The van der Waals surface area contributed by atoms with E-state index in [4.69, 9.17) is 10.2 Å². The summed E-state index contributed by atoms with van der Waals surface area (Å²) in [5.74, 6) is 0.184. The molecular weight excluding hydrogens is 344 g/mol. The predicted molar refractivity (Wildman–Crippen MR) is 106 cm³/mol. The monoisotopic (exact) mass is 368 g/mol. The van der Waals surface area contributed by atoms with Crippen molar-refractivity contribution in [1.82, 2.24) is 25.1 Å². The first kappa shape index (κ1) is 18.8. The van der Waals surface area contributed by atoms with E-state index in [1.807, 2.05) is 31.4 Å². The summed E-state index contributed by atoms with van der Waals surface area (Å²) < 4.78 is 1.77. The smallest absolute Gasteiger partial charge is 0.267 e. The number of benzene rings is 1. The molecule has 0 radical (unpaired) electrons. The van der Waals surface area contributed by atoms with Crippen LogP contribution in [0.5, 0.6) is 0 Å². The second-order valence-electron chi connectivity index (χ2n) is 6.25. The summed E-state index contributed by atoms with van der Waals surface area (Å²) in [6.07, 6.45) is 4.88. The normalized spacial score (nSPS) is 11.7. The molecule has 0 aliphatic carbocycles. The molecule has 2 aromatic heterocycles. The number of hydrogen-bond donors (Lipinski definition) is 3. The Hall–Kier alpha value is -2.97. The number of carbonyl (C=O) groups excluding carboxylic acids is 1. The van der Waals surface area contributed by atoms with E-state index < -0.39 is 5.91 Å². The van der Waals surface area contributed by atoms with Crippen molar-refractivity contribution in [1.29, 1.82) is 0 Å². The SMILES string of the molecule is CCN(CC)CNc1nc2ccc(/C=C/C(=O)NO)cc2c2cn(C)nc12. The van der Waals surface area contributed by atoms with Gasteiger partial charge in [-0.3, -0.25) is 19.6 Å². The third-order valence-electron chi connectivity index (χ3n) is 4.50. The highest BCUT2D eigenvalue weighted by Crippen LogP contribution is 2.29. The molecule has 3 rings (SSSR count). The molecule has 0 spiro atoms. The molecule has 0 fully saturated rings. The molecule has 0 saturated heterocycles. The molecule has 8 heteroatoms. The Kier molecular flexibility index (Phi) is 5.68. The first-order valence-corrected chi connectivity index (χ1v) is 8.91. The van der Waals surface area contributed by atoms with E-state index in [0.717, 1.165) is 46.3 Å². The fourth-order valence-electron chi connectivity index (χ4n) is 2.97. The number of aryl methyl sites for hydroxylation is 1. The van der Waals surface area contributed by atoms with Crippen LogP contribution in [0.15, 0.2) is 30.5 Å². The number of rotatable bonds is 7. The lowest BCUT2D eigenvalue weighted by Crippen LogP contribution is -2.29. The van der Waals surface area contributed by atoms with E-state index >= 15 is 0 Å². The number of nitrogens with zero attached hydrogens (tertiary/aromatic N) is 4. The standard InChI is InChI=1S/C19H24N6O2/c1-4-25(5-2)12-20-19-18-15(11-24(3)22-18)14-10-13(6-8-16(14)21-19)7-9-17(26)23-27/h6-11,27H,4-5,12H2,1-3H3,(H,20,21)(H,23,26)/b9-7+. The number of anilines is 1. The van der Waals surface area contributed by atoms with Crippen molar-refractivity contribution in [2.24, 2.45) is 7.05 Å². The Morgan fingerprint density at radius 1 is 1.30 bits per heavy atom. The minimum absolute atomic E-state index is 0.573. The van der Waals surface area contributed by atoms with Gasteiger partial charge < -0.3 is 5.32 Å². The number of carbonyl (C=O) groups is 1. The van der Waals surface area contributed by atoms with Gasteiger partial charge in [-0.15, -0.1) is 0 Å². The Morgan fingerprint density at radius 3 is 2.78 bits per heavy atom. The van der Waals surface area contributed by atoms with Gasteiger partial charge in [-0.2, -0.15) is 5.10 Å². The fraction of sp³-hybridized carbons (Fsp3) is 0.316. The van der Waals surface area contributed by atoms with Crippen molar-refractivity contribution in [3.63, 3.8) is 0 Å². The number of amides is 1. The Morgan fingerprint density at radius 2 is 2.07 bits per heavy atom. The molecule has 1 aromatic carbocycles. The number of hydroxylamine groups is 1. The highest BCUT2D eigenvalue weighted by atomic mass is 16.5. The van der Waals surface area contributed by atoms with Crippen LogP contribution in [-0.4, -0.2) is 50.5 Å². The molecule has 27 heavy (non-hydrogen) atoms. The molecule has 2 heterocycles. The molecule has 0 unspecified atom stereocenters. The highest BCUT2D eigenvalue weighted by molar-refractivity contribution is 6.09. The van der Waals surface area contributed by atoms with Crippen LogP contribution in [0, 0.1) is 0 Å². The summed E-state index contributed by atoms with van der Waals surface area (Å²) >= 11 is 0. The van der Waals surface area contributed by atoms with Gasteiger partial charge in [-0.05, 0) is 36.9 Å². The Balaban J connectivity index is 2.04. The van der Waals surface area contributed by atoms with Crippen molar-refractivity contribution >= 4 is 39.6 Å². The third kappa shape index (κ3) is 4.07. The van der Waals surface area contributed by atoms with Gasteiger partial charge in [-0.25, -0.2) is 10.5 Å². The molecule has 142 valence electrons. The molecule has 0 aliphatic rings. The average molecular weight is 368 g/mol. The van der Waals surface area contributed by atoms with Crippen molar-refractivity contribution in [2.45, 2.75) is 13.8 Å². The van der Waals surface area contributed by atoms with Crippen molar-refractivity contribution in [2.75, 3.05) is 25.1 Å². The number of hydrogen-bond acceptors (Lipinski definition) is 6. The van der Waals surface area contributed by atoms with Crippen LogP contribution in [-0.2, 0) is 11.8 Å². The average Bonchev–Trinajstić information content (AvgIpc) is 3.08. The number of fused-ring (bicyclic) bond motifs is 3. The zero-order chi connectivity index (χ0) is 19.4. The van der Waals surface area contributed by atoms with Crippen LogP contribution in [0.1, 0.15) is 19.4 Å². The van der Waals surface area contributed by atoms with E-state index in [-0.39, 0.29) is 0 Å². The summed E-state index contributed by atoms with van der Waals surface area (Å²) in [4.78, 5) is 18.2. The second-order valence-corrected chi connectivity index (χ2v) is 6.25. The van der Waals surface area contributed by atoms with Gasteiger partial charge in [0, 0.05) is 30.1 Å². The lowest BCUT2D eigenvalue weighted by atomic mass is 10.1. The number of nitrogens with one attached hydrogen (secondary N) is 2. The van der Waals surface area contributed by atoms with Crippen LogP contribution >= 0.6 is 0 Å². The van der Waals surface area contributed by atoms with Crippen LogP contribution in [0.2, 0.25) is 0 Å². The van der Waals surface area contributed by atoms with Crippen molar-refractivity contribution in [3.8, 4) is 0 Å². The molecular formula is C19H24N6O2. The minimum atomic E-state index is -0.573. The summed E-state index contributed by atoms with van der Waals surface area (Å²) in [5, 5.41) is 18.5. The van der Waals surface area contributed by atoms with E-state index in [0.29, 0.717) is 6.67 Å². The molecule has 0 aliphatic heterocycles. The summed E-state index contributed by atoms with van der Waals surface area (Å²) in [7, 11) is 1.88. The van der Waals surface area contributed by atoms with Gasteiger partial charge in [0.25, 0.3) is 5.91 Å². The molecule has 8 nitrogen and oxygen atoms in total. The Bertz CT molecular complexity index is 991. The topological polar surface area (TPSA) is 95.3 Å². The summed E-state index contributed by atoms with van der Waals surface area (Å²) in [6.45, 7) is 6.87. The largest absolute Gasteiger partial charge is 0.355 e. The highest BCUT2D eigenvalue weighted by Gasteiger charge is 2.13. The van der Waals surface area contributed by atoms with E-state index in [1.54, 1.807) is 16.2 Å². The van der Waals surface area contributed by atoms with E-state index in [1.165, 1.54) is 6.08 Å². The van der Waals surface area contributed by atoms with Crippen molar-refractivity contribution in [3.05, 3.63) is 36.0 Å². The maximum absolute atomic E-state index is 11.2. The third-order valence-corrected chi connectivity index (χ3v) is 4.50.